The Morgan fingerprint density at radius 2 is 1.50 bits per heavy atom. The minimum absolute atomic E-state index is 0.0805. The molecule has 1 aliphatic rings. The predicted molar refractivity (Wildman–Crippen MR) is 167 cm³/mol. The van der Waals surface area contributed by atoms with Crippen LogP contribution in [0.1, 0.15) is 35.6 Å². The lowest BCUT2D eigenvalue weighted by Gasteiger charge is -2.32. The van der Waals surface area contributed by atoms with Crippen molar-refractivity contribution in [3.05, 3.63) is 132 Å². The number of hydrogen-bond acceptors (Lipinski definition) is 5. The van der Waals surface area contributed by atoms with Gasteiger partial charge >= 0.3 is 0 Å². The van der Waals surface area contributed by atoms with Gasteiger partial charge < -0.3 is 19.5 Å². The Balaban J connectivity index is 1.52. The Bertz CT molecular complexity index is 1510. The van der Waals surface area contributed by atoms with Crippen LogP contribution in [0.25, 0.3) is 17.2 Å². The number of amides is 1. The molecule has 0 spiro atoms. The Labute approximate surface area is 247 Å². The van der Waals surface area contributed by atoms with Gasteiger partial charge in [-0.3, -0.25) is 4.79 Å². The number of hydrogen-bond donors (Lipinski definition) is 1. The SMILES string of the molecule is CN(C)C(=O)[C@]1(C/C=C/c2ccccc2)N=C(c2ccc(OCCCO)cc2)O[C@@H]1c1ccc(-c2ccccc2)cc1. The van der Waals surface area contributed by atoms with Gasteiger partial charge in [0.05, 0.1) is 6.61 Å². The molecule has 1 aliphatic heterocycles. The van der Waals surface area contributed by atoms with Crippen LogP contribution in [0.4, 0.5) is 0 Å². The second kappa shape index (κ2) is 13.3. The summed E-state index contributed by atoms with van der Waals surface area (Å²) in [5.74, 6) is 0.980. The number of rotatable bonds is 11. The van der Waals surface area contributed by atoms with Crippen molar-refractivity contribution in [2.45, 2.75) is 24.5 Å². The number of likely N-dealkylation sites (N-methyl/N-ethyl adjacent to an activating group) is 1. The number of aliphatic imine (C=N–C) groups is 1. The highest BCUT2D eigenvalue weighted by Gasteiger charge is 2.53. The molecule has 1 heterocycles. The number of nitrogens with zero attached hydrogens (tertiary/aromatic N) is 2. The zero-order valence-electron chi connectivity index (χ0n) is 24.0. The first kappa shape index (κ1) is 28.8. The molecule has 0 aromatic heterocycles. The van der Waals surface area contributed by atoms with Crippen LogP contribution in [0.3, 0.4) is 0 Å². The lowest BCUT2D eigenvalue weighted by Crippen LogP contribution is -2.47. The van der Waals surface area contributed by atoms with Gasteiger partial charge in [0.15, 0.2) is 11.6 Å². The molecule has 0 saturated heterocycles. The summed E-state index contributed by atoms with van der Waals surface area (Å²) in [5, 5.41) is 9.04. The molecule has 0 unspecified atom stereocenters. The molecular formula is C36H36N2O4. The maximum Gasteiger partial charge on any atom is 0.254 e. The van der Waals surface area contributed by atoms with Crippen LogP contribution >= 0.6 is 0 Å². The van der Waals surface area contributed by atoms with Gasteiger partial charge in [-0.15, -0.1) is 0 Å². The van der Waals surface area contributed by atoms with Crippen LogP contribution in [0.15, 0.2) is 120 Å². The fourth-order valence-corrected chi connectivity index (χ4v) is 5.11. The molecule has 0 fully saturated rings. The minimum atomic E-state index is -1.20. The third-order valence-corrected chi connectivity index (χ3v) is 7.27. The molecule has 4 aromatic carbocycles. The van der Waals surface area contributed by atoms with E-state index in [2.05, 4.69) is 24.3 Å². The molecule has 0 aliphatic carbocycles. The molecule has 4 aromatic rings. The van der Waals surface area contributed by atoms with Crippen LogP contribution in [0.5, 0.6) is 5.75 Å². The van der Waals surface area contributed by atoms with E-state index in [0.29, 0.717) is 31.1 Å². The minimum Gasteiger partial charge on any atom is -0.494 e. The van der Waals surface area contributed by atoms with E-state index in [9.17, 15) is 4.79 Å². The number of carbonyl (C=O) groups is 1. The van der Waals surface area contributed by atoms with Crippen molar-refractivity contribution in [3.8, 4) is 16.9 Å². The van der Waals surface area contributed by atoms with Gasteiger partial charge in [-0.05, 0) is 46.5 Å². The van der Waals surface area contributed by atoms with Gasteiger partial charge in [-0.25, -0.2) is 4.99 Å². The molecule has 0 saturated carbocycles. The van der Waals surface area contributed by atoms with E-state index in [4.69, 9.17) is 19.6 Å². The van der Waals surface area contributed by atoms with Gasteiger partial charge in [0.25, 0.3) is 5.91 Å². The fraction of sp³-hybridized carbons (Fsp3) is 0.222. The van der Waals surface area contributed by atoms with Crippen molar-refractivity contribution >= 4 is 17.9 Å². The summed E-state index contributed by atoms with van der Waals surface area (Å²) in [6.07, 6.45) is 4.32. The van der Waals surface area contributed by atoms with Crippen molar-refractivity contribution in [1.82, 2.24) is 4.90 Å². The first-order valence-electron chi connectivity index (χ1n) is 14.2. The molecule has 2 atom stereocenters. The lowest BCUT2D eigenvalue weighted by atomic mass is 9.83. The summed E-state index contributed by atoms with van der Waals surface area (Å²) >= 11 is 0. The summed E-state index contributed by atoms with van der Waals surface area (Å²) in [4.78, 5) is 20.7. The molecule has 214 valence electrons. The summed E-state index contributed by atoms with van der Waals surface area (Å²) in [7, 11) is 3.51. The smallest absolute Gasteiger partial charge is 0.254 e. The average molecular weight is 561 g/mol. The van der Waals surface area contributed by atoms with E-state index in [-0.39, 0.29) is 12.5 Å². The second-order valence-electron chi connectivity index (χ2n) is 10.5. The van der Waals surface area contributed by atoms with Crippen LogP contribution < -0.4 is 4.74 Å². The standard InChI is InChI=1S/C36H36N2O4/c1-38(2)35(40)36(24-9-13-27-11-5-3-6-12-27)33(30-18-16-29(17-19-30)28-14-7-4-8-15-28)42-34(37-36)31-20-22-32(23-21-31)41-26-10-25-39/h3-9,11-23,33,39H,10,24-26H2,1-2H3/b13-9+/t33-,36-/m1/s1. The molecule has 1 N–H and O–H groups in total. The number of aliphatic hydroxyl groups is 1. The van der Waals surface area contributed by atoms with Crippen molar-refractivity contribution < 1.29 is 19.4 Å². The topological polar surface area (TPSA) is 71.4 Å². The van der Waals surface area contributed by atoms with Gasteiger partial charge in [0.1, 0.15) is 5.75 Å². The highest BCUT2D eigenvalue weighted by molar-refractivity contribution is 6.01. The first-order valence-corrected chi connectivity index (χ1v) is 14.2. The summed E-state index contributed by atoms with van der Waals surface area (Å²) in [6.45, 7) is 0.514. The van der Waals surface area contributed by atoms with Crippen molar-refractivity contribution in [1.29, 1.82) is 0 Å². The Morgan fingerprint density at radius 1 is 0.881 bits per heavy atom. The zero-order valence-corrected chi connectivity index (χ0v) is 24.0. The zero-order chi connectivity index (χ0) is 29.4. The van der Waals surface area contributed by atoms with E-state index in [1.54, 1.807) is 19.0 Å². The number of aliphatic hydroxyl groups excluding tert-OH is 1. The van der Waals surface area contributed by atoms with Crippen molar-refractivity contribution in [3.63, 3.8) is 0 Å². The van der Waals surface area contributed by atoms with Crippen molar-refractivity contribution in [2.24, 2.45) is 4.99 Å². The van der Waals surface area contributed by atoms with Gasteiger partial charge in [-0.1, -0.05) is 97.1 Å². The first-order chi connectivity index (χ1) is 20.5. The molecule has 6 heteroatoms. The molecular weight excluding hydrogens is 524 g/mol. The summed E-state index contributed by atoms with van der Waals surface area (Å²) < 4.78 is 12.3. The van der Waals surface area contributed by atoms with Gasteiger partial charge in [-0.2, -0.15) is 0 Å². The molecule has 0 radical (unpaired) electrons. The predicted octanol–water partition coefficient (Wildman–Crippen LogP) is 6.56. The normalized spacial score (nSPS) is 18.0. The van der Waals surface area contributed by atoms with Crippen LogP contribution in [-0.4, -0.2) is 54.7 Å². The highest BCUT2D eigenvalue weighted by atomic mass is 16.5. The fourth-order valence-electron chi connectivity index (χ4n) is 5.11. The van der Waals surface area contributed by atoms with Crippen LogP contribution in [0.2, 0.25) is 0 Å². The van der Waals surface area contributed by atoms with Gasteiger partial charge in [0.2, 0.25) is 5.90 Å². The van der Waals surface area contributed by atoms with E-state index >= 15 is 0 Å². The molecule has 5 rings (SSSR count). The van der Waals surface area contributed by atoms with E-state index in [1.165, 1.54) is 0 Å². The summed E-state index contributed by atoms with van der Waals surface area (Å²) in [5.41, 5.74) is 3.69. The number of benzene rings is 4. The monoisotopic (exact) mass is 560 g/mol. The third-order valence-electron chi connectivity index (χ3n) is 7.27. The quantitative estimate of drug-likeness (QED) is 0.211. The third kappa shape index (κ3) is 6.45. The maximum atomic E-state index is 14.0. The summed E-state index contributed by atoms with van der Waals surface area (Å²) in [6, 6.07) is 35.9. The van der Waals surface area contributed by atoms with Crippen molar-refractivity contribution in [2.75, 3.05) is 27.3 Å². The Morgan fingerprint density at radius 3 is 2.14 bits per heavy atom. The van der Waals surface area contributed by atoms with Gasteiger partial charge in [0, 0.05) is 39.1 Å². The Kier molecular flexibility index (Phi) is 9.15. The van der Waals surface area contributed by atoms with Crippen LogP contribution in [0, 0.1) is 0 Å². The maximum absolute atomic E-state index is 14.0. The van der Waals surface area contributed by atoms with Crippen LogP contribution in [-0.2, 0) is 9.53 Å². The second-order valence-corrected chi connectivity index (χ2v) is 10.5. The Hall–Kier alpha value is -4.68. The number of ether oxygens (including phenoxy) is 2. The molecule has 0 bridgehead atoms. The van der Waals surface area contributed by atoms with E-state index < -0.39 is 11.6 Å². The molecule has 42 heavy (non-hydrogen) atoms. The molecule has 1 amide bonds. The lowest BCUT2D eigenvalue weighted by molar-refractivity contribution is -0.137. The average Bonchev–Trinajstić information content (AvgIpc) is 3.42. The van der Waals surface area contributed by atoms with E-state index in [0.717, 1.165) is 27.8 Å². The van der Waals surface area contributed by atoms with E-state index in [1.807, 2.05) is 97.1 Å². The molecule has 6 nitrogen and oxygen atoms in total. The number of carbonyl (C=O) groups excluding carboxylic acids is 1. The highest BCUT2D eigenvalue weighted by Crippen LogP contribution is 2.44. The largest absolute Gasteiger partial charge is 0.494 e.